The molecule has 0 aromatic carbocycles. The first kappa shape index (κ1) is 11.1. The van der Waals surface area contributed by atoms with Crippen LogP contribution < -0.4 is 0 Å². The van der Waals surface area contributed by atoms with Gasteiger partial charge in [-0.3, -0.25) is 9.59 Å². The molecular formula is C10H13NO5. The summed E-state index contributed by atoms with van der Waals surface area (Å²) in [5, 5.41) is 8.91. The summed E-state index contributed by atoms with van der Waals surface area (Å²) >= 11 is 0. The molecule has 6 nitrogen and oxygen atoms in total. The van der Waals surface area contributed by atoms with Gasteiger partial charge in [0, 0.05) is 12.3 Å². The van der Waals surface area contributed by atoms with Crippen molar-refractivity contribution in [3.8, 4) is 0 Å². The molecule has 0 spiro atoms. The van der Waals surface area contributed by atoms with Gasteiger partial charge in [0.25, 0.3) is 0 Å². The third-order valence-electron chi connectivity index (χ3n) is 3.11. The van der Waals surface area contributed by atoms with Crippen LogP contribution in [0.25, 0.3) is 0 Å². The highest BCUT2D eigenvalue weighted by molar-refractivity contribution is 6.11. The topological polar surface area (TPSA) is 83.9 Å². The van der Waals surface area contributed by atoms with Crippen LogP contribution in [0, 0.1) is 5.92 Å². The number of ketones is 1. The predicted molar refractivity (Wildman–Crippen MR) is 51.0 cm³/mol. The molecule has 0 bridgehead atoms. The number of hydrogen-bond acceptors (Lipinski definition) is 5. The molecule has 6 heteroatoms. The van der Waals surface area contributed by atoms with Gasteiger partial charge in [0.15, 0.2) is 18.1 Å². The lowest BCUT2D eigenvalue weighted by atomic mass is 9.94. The van der Waals surface area contributed by atoms with Crippen LogP contribution in [0.4, 0.5) is 0 Å². The number of aliphatic hydroxyl groups excluding tert-OH is 1. The fourth-order valence-electron chi connectivity index (χ4n) is 2.25. The van der Waals surface area contributed by atoms with Gasteiger partial charge in [-0.1, -0.05) is 6.92 Å². The number of ether oxygens (including phenoxy) is 1. The number of amides is 1. The number of esters is 1. The van der Waals surface area contributed by atoms with Crippen LogP contribution in [0.2, 0.25) is 0 Å². The van der Waals surface area contributed by atoms with Crippen LogP contribution in [0.15, 0.2) is 0 Å². The van der Waals surface area contributed by atoms with Crippen LogP contribution in [0.3, 0.4) is 0 Å². The van der Waals surface area contributed by atoms with Crippen molar-refractivity contribution >= 4 is 17.7 Å². The van der Waals surface area contributed by atoms with Gasteiger partial charge in [0.05, 0.1) is 6.04 Å². The summed E-state index contributed by atoms with van der Waals surface area (Å²) in [6.45, 7) is 2.97. The minimum Gasteiger partial charge on any atom is -0.434 e. The van der Waals surface area contributed by atoms with Crippen LogP contribution in [0.1, 0.15) is 20.3 Å². The second-order valence-corrected chi connectivity index (χ2v) is 4.20. The average molecular weight is 227 g/mol. The number of aliphatic hydroxyl groups is 1. The number of fused-ring (bicyclic) bond motifs is 1. The highest BCUT2D eigenvalue weighted by Gasteiger charge is 2.58. The van der Waals surface area contributed by atoms with E-state index >= 15 is 0 Å². The Kier molecular flexibility index (Phi) is 2.46. The molecule has 0 saturated carbocycles. The number of carbonyl (C=O) groups is 3. The fourth-order valence-corrected chi connectivity index (χ4v) is 2.25. The monoisotopic (exact) mass is 227 g/mol. The Morgan fingerprint density at radius 2 is 2.19 bits per heavy atom. The maximum absolute atomic E-state index is 11.8. The molecule has 1 amide bonds. The zero-order chi connectivity index (χ0) is 12.0. The zero-order valence-electron chi connectivity index (χ0n) is 9.04. The van der Waals surface area contributed by atoms with Gasteiger partial charge in [0.1, 0.15) is 0 Å². The molecule has 4 atom stereocenters. The highest BCUT2D eigenvalue weighted by Crippen LogP contribution is 2.37. The smallest absolute Gasteiger partial charge is 0.339 e. The van der Waals surface area contributed by atoms with Crippen molar-refractivity contribution in [1.82, 2.24) is 4.90 Å². The van der Waals surface area contributed by atoms with Crippen LogP contribution in [0.5, 0.6) is 0 Å². The summed E-state index contributed by atoms with van der Waals surface area (Å²) < 4.78 is 4.56. The molecule has 1 N–H and O–H groups in total. The average Bonchev–Trinajstić information content (AvgIpc) is 2.37. The zero-order valence-corrected chi connectivity index (χ0v) is 9.04. The summed E-state index contributed by atoms with van der Waals surface area (Å²) in [6.07, 6.45) is -0.961. The Morgan fingerprint density at radius 1 is 1.56 bits per heavy atom. The van der Waals surface area contributed by atoms with E-state index in [1.54, 1.807) is 6.92 Å². The van der Waals surface area contributed by atoms with Crippen LogP contribution in [-0.4, -0.2) is 46.0 Å². The van der Waals surface area contributed by atoms with Gasteiger partial charge in [-0.25, -0.2) is 4.79 Å². The van der Waals surface area contributed by atoms with Crippen molar-refractivity contribution in [3.05, 3.63) is 0 Å². The van der Waals surface area contributed by atoms with Crippen molar-refractivity contribution in [1.29, 1.82) is 0 Å². The molecule has 2 aliphatic rings. The number of rotatable bonds is 2. The third kappa shape index (κ3) is 1.41. The Bertz CT molecular complexity index is 364. The van der Waals surface area contributed by atoms with Crippen molar-refractivity contribution in [2.45, 2.75) is 38.6 Å². The number of carbonyl (C=O) groups excluding carboxylic acids is 3. The van der Waals surface area contributed by atoms with Gasteiger partial charge in [-0.05, 0) is 6.92 Å². The predicted octanol–water partition coefficient (Wildman–Crippen LogP) is -0.944. The van der Waals surface area contributed by atoms with E-state index in [4.69, 9.17) is 5.11 Å². The van der Waals surface area contributed by atoms with Gasteiger partial charge < -0.3 is 14.7 Å². The molecule has 16 heavy (non-hydrogen) atoms. The quantitative estimate of drug-likeness (QED) is 0.285. The van der Waals surface area contributed by atoms with E-state index < -0.39 is 18.3 Å². The minimum atomic E-state index is -1.27. The maximum Gasteiger partial charge on any atom is 0.339 e. The second kappa shape index (κ2) is 3.55. The Balaban J connectivity index is 2.17. The Labute approximate surface area is 92.2 Å². The molecule has 2 unspecified atom stereocenters. The Hall–Kier alpha value is -1.43. The van der Waals surface area contributed by atoms with E-state index in [2.05, 4.69) is 4.74 Å². The summed E-state index contributed by atoms with van der Waals surface area (Å²) in [7, 11) is 0. The van der Waals surface area contributed by atoms with E-state index in [1.165, 1.54) is 11.8 Å². The molecule has 0 aromatic rings. The molecule has 0 radical (unpaired) electrons. The molecule has 0 aromatic heterocycles. The number of Topliss-reactive ketones (excluding diaryl/α,β-unsaturated/α-hetero) is 1. The highest BCUT2D eigenvalue weighted by atomic mass is 16.6. The van der Waals surface area contributed by atoms with Crippen LogP contribution in [-0.2, 0) is 19.1 Å². The molecule has 2 fully saturated rings. The number of hydrogen-bond donors (Lipinski definition) is 1. The van der Waals surface area contributed by atoms with E-state index in [0.29, 0.717) is 6.42 Å². The van der Waals surface area contributed by atoms with Crippen molar-refractivity contribution < 1.29 is 24.2 Å². The molecule has 2 aliphatic heterocycles. The van der Waals surface area contributed by atoms with Gasteiger partial charge in [-0.15, -0.1) is 0 Å². The second-order valence-electron chi connectivity index (χ2n) is 4.20. The van der Waals surface area contributed by atoms with Crippen molar-refractivity contribution in [2.24, 2.45) is 5.92 Å². The first-order chi connectivity index (χ1) is 7.43. The fraction of sp³-hybridized carbons (Fsp3) is 0.700. The van der Waals surface area contributed by atoms with Gasteiger partial charge in [0.2, 0.25) is 5.91 Å². The normalized spacial score (nSPS) is 34.4. The van der Waals surface area contributed by atoms with E-state index in [9.17, 15) is 14.4 Å². The van der Waals surface area contributed by atoms with Crippen LogP contribution >= 0.6 is 0 Å². The molecular weight excluding hydrogens is 214 g/mol. The molecule has 2 heterocycles. The lowest BCUT2D eigenvalue weighted by Crippen LogP contribution is -2.56. The first-order valence-electron chi connectivity index (χ1n) is 5.17. The van der Waals surface area contributed by atoms with E-state index in [-0.39, 0.29) is 23.7 Å². The van der Waals surface area contributed by atoms with Crippen molar-refractivity contribution in [3.63, 3.8) is 0 Å². The SMILES string of the molecule is CC1C(=O)C(C(=O)O[C@H](C)O)N2C(=O)C[C@@H]12. The lowest BCUT2D eigenvalue weighted by molar-refractivity contribution is -0.176. The summed E-state index contributed by atoms with van der Waals surface area (Å²) in [5.74, 6) is -1.69. The molecule has 0 aliphatic carbocycles. The molecule has 2 saturated heterocycles. The third-order valence-corrected chi connectivity index (χ3v) is 3.11. The van der Waals surface area contributed by atoms with E-state index in [1.807, 2.05) is 0 Å². The van der Waals surface area contributed by atoms with Gasteiger partial charge >= 0.3 is 5.97 Å². The maximum atomic E-state index is 11.8. The largest absolute Gasteiger partial charge is 0.434 e. The minimum absolute atomic E-state index is 0.174. The standard InChI is InChI=1S/C10H13NO5/c1-4-6-3-7(13)11(6)8(9(4)14)10(15)16-5(2)12/h4-6,8,12H,3H2,1-2H3/t4?,5-,6+,8?/m1/s1. The van der Waals surface area contributed by atoms with Crippen molar-refractivity contribution in [2.75, 3.05) is 0 Å². The van der Waals surface area contributed by atoms with E-state index in [0.717, 1.165) is 0 Å². The number of nitrogens with zero attached hydrogens (tertiary/aromatic N) is 1. The lowest BCUT2D eigenvalue weighted by Gasteiger charge is -2.37. The molecule has 2 rings (SSSR count). The number of β-lactam (4-membered cyclic amide) rings is 1. The van der Waals surface area contributed by atoms with Gasteiger partial charge in [-0.2, -0.15) is 0 Å². The summed E-state index contributed by atoms with van der Waals surface area (Å²) in [6, 6.07) is -1.33. The first-order valence-corrected chi connectivity index (χ1v) is 5.17. The Morgan fingerprint density at radius 3 is 2.69 bits per heavy atom. The molecule has 88 valence electrons. The summed E-state index contributed by atoms with van der Waals surface area (Å²) in [4.78, 5) is 35.9. The summed E-state index contributed by atoms with van der Waals surface area (Å²) in [5.41, 5.74) is 0.